The summed E-state index contributed by atoms with van der Waals surface area (Å²) in [5.74, 6) is 1.74. The topological polar surface area (TPSA) is 72.7 Å². The number of fused-ring (bicyclic) bond motifs is 2. The van der Waals surface area contributed by atoms with Gasteiger partial charge in [0.1, 0.15) is 0 Å². The van der Waals surface area contributed by atoms with Gasteiger partial charge in [-0.25, -0.2) is 4.98 Å². The molecule has 9 heteroatoms. The van der Waals surface area contributed by atoms with E-state index in [1.54, 1.807) is 0 Å². The number of rotatable bonds is 7. The summed E-state index contributed by atoms with van der Waals surface area (Å²) < 4.78 is 3.11. The number of thiophene rings is 1. The van der Waals surface area contributed by atoms with Crippen LogP contribution in [0.2, 0.25) is 0 Å². The Morgan fingerprint density at radius 1 is 1.38 bits per heavy atom. The smallest absolute Gasteiger partial charge is 0.236 e. The van der Waals surface area contributed by atoms with Gasteiger partial charge in [0, 0.05) is 22.4 Å². The van der Waals surface area contributed by atoms with Crippen molar-refractivity contribution in [3.8, 4) is 11.4 Å². The van der Waals surface area contributed by atoms with Gasteiger partial charge in [0.05, 0.1) is 16.0 Å². The van der Waals surface area contributed by atoms with Crippen molar-refractivity contribution in [3.63, 3.8) is 0 Å². The molecule has 1 aliphatic carbocycles. The van der Waals surface area contributed by atoms with Crippen LogP contribution in [0.4, 0.5) is 5.13 Å². The first-order valence-electron chi connectivity index (χ1n) is 10.5. The fourth-order valence-electron chi connectivity index (χ4n) is 3.96. The van der Waals surface area contributed by atoms with Crippen LogP contribution >= 0.6 is 34.4 Å². The maximum atomic E-state index is 12.5. The number of allylic oxidation sites excluding steroid dienone is 1. The molecule has 32 heavy (non-hydrogen) atoms. The molecule has 0 saturated carbocycles. The standard InChI is InChI=1S/C23H23N5OS3/c1-3-10-28-21(16-12-30-19-11-14(2)8-9-15(16)19)26-27-23(28)31-13-20(29)25-22-24-17-6-4-5-7-18(17)32-22/h3-7,12,14H,1,8-11,13H2,2H3,(H,24,25,29). The van der Waals surface area contributed by atoms with Crippen molar-refractivity contribution in [2.24, 2.45) is 5.92 Å². The summed E-state index contributed by atoms with van der Waals surface area (Å²) in [7, 11) is 0. The second-order valence-corrected chi connectivity index (χ2v) is 10.9. The van der Waals surface area contributed by atoms with Gasteiger partial charge < -0.3 is 5.32 Å². The predicted octanol–water partition coefficient (Wildman–Crippen LogP) is 5.66. The van der Waals surface area contributed by atoms with Gasteiger partial charge in [-0.1, -0.05) is 48.2 Å². The number of carbonyl (C=O) groups is 1. The molecule has 1 N–H and O–H groups in total. The molecule has 0 spiro atoms. The first kappa shape index (κ1) is 21.4. The van der Waals surface area contributed by atoms with E-state index in [9.17, 15) is 4.79 Å². The number of nitrogens with one attached hydrogen (secondary N) is 1. The van der Waals surface area contributed by atoms with E-state index in [0.29, 0.717) is 11.7 Å². The van der Waals surface area contributed by atoms with Gasteiger partial charge in [-0.15, -0.1) is 28.1 Å². The first-order chi connectivity index (χ1) is 15.6. The largest absolute Gasteiger partial charge is 0.301 e. The maximum absolute atomic E-state index is 12.5. The van der Waals surface area contributed by atoms with E-state index in [-0.39, 0.29) is 11.7 Å². The minimum atomic E-state index is -0.106. The molecule has 1 unspecified atom stereocenters. The zero-order valence-corrected chi connectivity index (χ0v) is 20.2. The number of anilines is 1. The van der Waals surface area contributed by atoms with Crippen LogP contribution in [0, 0.1) is 5.92 Å². The summed E-state index contributed by atoms with van der Waals surface area (Å²) in [4.78, 5) is 18.5. The molecule has 1 amide bonds. The van der Waals surface area contributed by atoms with Gasteiger partial charge in [0.15, 0.2) is 16.1 Å². The van der Waals surface area contributed by atoms with Crippen molar-refractivity contribution >= 4 is 55.7 Å². The minimum absolute atomic E-state index is 0.106. The lowest BCUT2D eigenvalue weighted by Gasteiger charge is -2.19. The first-order valence-corrected chi connectivity index (χ1v) is 13.2. The van der Waals surface area contributed by atoms with Crippen LogP contribution < -0.4 is 5.32 Å². The molecule has 1 aliphatic rings. The highest BCUT2D eigenvalue weighted by molar-refractivity contribution is 7.99. The summed E-state index contributed by atoms with van der Waals surface area (Å²) in [6.45, 7) is 6.82. The van der Waals surface area contributed by atoms with Crippen LogP contribution in [-0.2, 0) is 24.2 Å². The molecular weight excluding hydrogens is 458 g/mol. The molecular formula is C23H23N5OS3. The fourth-order valence-corrected chi connectivity index (χ4v) is 6.84. The lowest BCUT2D eigenvalue weighted by Crippen LogP contribution is -2.14. The number of aromatic nitrogens is 4. The highest BCUT2D eigenvalue weighted by atomic mass is 32.2. The van der Waals surface area contributed by atoms with Gasteiger partial charge in [0.25, 0.3) is 0 Å². The van der Waals surface area contributed by atoms with E-state index in [1.807, 2.05) is 41.7 Å². The van der Waals surface area contributed by atoms with Crippen molar-refractivity contribution in [1.82, 2.24) is 19.7 Å². The van der Waals surface area contributed by atoms with Crippen LogP contribution in [0.15, 0.2) is 47.5 Å². The number of hydrogen-bond acceptors (Lipinski definition) is 7. The highest BCUT2D eigenvalue weighted by Gasteiger charge is 2.24. The zero-order chi connectivity index (χ0) is 22.1. The molecule has 0 fully saturated rings. The van der Waals surface area contributed by atoms with Crippen molar-refractivity contribution in [2.75, 3.05) is 11.1 Å². The third-order valence-electron chi connectivity index (χ3n) is 5.54. The predicted molar refractivity (Wildman–Crippen MR) is 134 cm³/mol. The summed E-state index contributed by atoms with van der Waals surface area (Å²) in [5, 5.41) is 15.4. The Hall–Kier alpha value is -2.49. The molecule has 0 radical (unpaired) electrons. The molecule has 0 aliphatic heterocycles. The number of para-hydroxylation sites is 1. The molecule has 6 nitrogen and oxygen atoms in total. The number of carbonyl (C=O) groups excluding carboxylic acids is 1. The van der Waals surface area contributed by atoms with Crippen LogP contribution in [0.1, 0.15) is 23.8 Å². The van der Waals surface area contributed by atoms with Gasteiger partial charge in [-0.3, -0.25) is 9.36 Å². The monoisotopic (exact) mass is 481 g/mol. The Bertz CT molecular complexity index is 1260. The number of hydrogen-bond donors (Lipinski definition) is 1. The summed E-state index contributed by atoms with van der Waals surface area (Å²) in [6.07, 6.45) is 5.28. The van der Waals surface area contributed by atoms with Crippen LogP contribution in [-0.4, -0.2) is 31.4 Å². The van der Waals surface area contributed by atoms with Crippen molar-refractivity contribution in [2.45, 2.75) is 37.9 Å². The number of nitrogens with zero attached hydrogens (tertiary/aromatic N) is 4. The van der Waals surface area contributed by atoms with E-state index in [4.69, 9.17) is 0 Å². The van der Waals surface area contributed by atoms with Crippen molar-refractivity contribution in [1.29, 1.82) is 0 Å². The average Bonchev–Trinajstić information content (AvgIpc) is 3.48. The van der Waals surface area contributed by atoms with E-state index < -0.39 is 0 Å². The van der Waals surface area contributed by atoms with Crippen molar-refractivity contribution < 1.29 is 4.79 Å². The second-order valence-electron chi connectivity index (χ2n) is 7.93. The Balaban J connectivity index is 1.31. The third kappa shape index (κ3) is 4.24. The van der Waals surface area contributed by atoms with E-state index >= 15 is 0 Å². The normalized spacial score (nSPS) is 15.6. The molecule has 1 aromatic carbocycles. The molecule has 0 saturated heterocycles. The number of amides is 1. The SMILES string of the molecule is C=CCn1c(SCC(=O)Nc2nc3ccccc3s2)nnc1-c1csc2c1CCC(C)C2. The Morgan fingerprint density at radius 3 is 3.09 bits per heavy atom. The number of thioether (sulfide) groups is 1. The molecule has 164 valence electrons. The van der Waals surface area contributed by atoms with E-state index in [0.717, 1.165) is 40.0 Å². The summed E-state index contributed by atoms with van der Waals surface area (Å²) in [6, 6.07) is 7.86. The van der Waals surface area contributed by atoms with Gasteiger partial charge >= 0.3 is 0 Å². The van der Waals surface area contributed by atoms with Crippen LogP contribution in [0.25, 0.3) is 21.6 Å². The molecule has 1 atom stereocenters. The van der Waals surface area contributed by atoms with Gasteiger partial charge in [-0.05, 0) is 42.9 Å². The Kier molecular flexibility index (Phi) is 6.12. The van der Waals surface area contributed by atoms with Crippen LogP contribution in [0.3, 0.4) is 0 Å². The quantitative estimate of drug-likeness (QED) is 0.272. The lowest BCUT2D eigenvalue weighted by atomic mass is 9.88. The summed E-state index contributed by atoms with van der Waals surface area (Å²) in [5.41, 5.74) is 3.48. The Labute approximate surface area is 198 Å². The highest BCUT2D eigenvalue weighted by Crippen LogP contribution is 2.38. The summed E-state index contributed by atoms with van der Waals surface area (Å²) >= 11 is 4.69. The molecule has 5 rings (SSSR count). The van der Waals surface area contributed by atoms with Crippen LogP contribution in [0.5, 0.6) is 0 Å². The average molecular weight is 482 g/mol. The zero-order valence-electron chi connectivity index (χ0n) is 17.7. The molecule has 3 heterocycles. The molecule has 0 bridgehead atoms. The van der Waals surface area contributed by atoms with E-state index in [1.165, 1.54) is 45.5 Å². The molecule has 4 aromatic rings. The number of benzene rings is 1. The second kappa shape index (κ2) is 9.17. The number of thiazole rings is 1. The van der Waals surface area contributed by atoms with Gasteiger partial charge in [0.2, 0.25) is 5.91 Å². The fraction of sp³-hybridized carbons (Fsp3) is 0.304. The Morgan fingerprint density at radius 2 is 2.25 bits per heavy atom. The minimum Gasteiger partial charge on any atom is -0.301 e. The molecule has 3 aromatic heterocycles. The van der Waals surface area contributed by atoms with Crippen molar-refractivity contribution in [3.05, 3.63) is 52.7 Å². The third-order valence-corrected chi connectivity index (χ3v) is 8.51. The maximum Gasteiger partial charge on any atom is 0.236 e. The van der Waals surface area contributed by atoms with Gasteiger partial charge in [-0.2, -0.15) is 0 Å². The lowest BCUT2D eigenvalue weighted by molar-refractivity contribution is -0.113. The van der Waals surface area contributed by atoms with E-state index in [2.05, 4.69) is 43.9 Å².